The number of anilines is 1. The number of para-hydroxylation sites is 1. The zero-order chi connectivity index (χ0) is 14.2. The van der Waals surface area contributed by atoms with Gasteiger partial charge in [0.05, 0.1) is 10.4 Å². The van der Waals surface area contributed by atoms with Gasteiger partial charge in [0, 0.05) is 5.39 Å². The van der Waals surface area contributed by atoms with E-state index in [1.807, 2.05) is 24.3 Å². The number of hydrogen-bond donors (Lipinski definition) is 2. The third-order valence-electron chi connectivity index (χ3n) is 3.08. The van der Waals surface area contributed by atoms with Crippen molar-refractivity contribution in [2.45, 2.75) is 11.8 Å². The predicted molar refractivity (Wildman–Crippen MR) is 78.1 cm³/mol. The Hall–Kier alpha value is -2.34. The molecule has 3 rings (SSSR count). The maximum absolute atomic E-state index is 12.4. The van der Waals surface area contributed by atoms with Crippen LogP contribution < -0.4 is 4.72 Å². The minimum Gasteiger partial charge on any atom is -0.276 e. The van der Waals surface area contributed by atoms with Gasteiger partial charge in [0.15, 0.2) is 5.82 Å². The summed E-state index contributed by atoms with van der Waals surface area (Å²) in [5, 5.41) is 7.56. The van der Waals surface area contributed by atoms with Gasteiger partial charge in [0.1, 0.15) is 0 Å². The molecule has 0 aliphatic heterocycles. The van der Waals surface area contributed by atoms with Crippen molar-refractivity contribution in [3.63, 3.8) is 0 Å². The third-order valence-corrected chi connectivity index (χ3v) is 4.58. The summed E-state index contributed by atoms with van der Waals surface area (Å²) in [6.07, 6.45) is 0. The molecule has 0 saturated heterocycles. The molecule has 102 valence electrons. The van der Waals surface area contributed by atoms with Crippen LogP contribution in [0.2, 0.25) is 0 Å². The fourth-order valence-corrected chi connectivity index (χ4v) is 3.35. The zero-order valence-corrected chi connectivity index (χ0v) is 11.6. The summed E-state index contributed by atoms with van der Waals surface area (Å²) in [6, 6.07) is 14.2. The second-order valence-corrected chi connectivity index (χ2v) is 6.14. The number of benzene rings is 2. The van der Waals surface area contributed by atoms with Crippen molar-refractivity contribution in [1.29, 1.82) is 0 Å². The Bertz CT molecular complexity index is 869. The first kappa shape index (κ1) is 12.7. The fraction of sp³-hybridized carbons (Fsp3) is 0.0714. The topological polar surface area (TPSA) is 74.8 Å². The Morgan fingerprint density at radius 3 is 2.55 bits per heavy atom. The number of aromatic nitrogens is 2. The van der Waals surface area contributed by atoms with Crippen LogP contribution in [0.15, 0.2) is 53.4 Å². The Morgan fingerprint density at radius 1 is 1.05 bits per heavy atom. The summed E-state index contributed by atoms with van der Waals surface area (Å²) in [4.78, 5) is 0.257. The van der Waals surface area contributed by atoms with Gasteiger partial charge in [-0.1, -0.05) is 30.3 Å². The lowest BCUT2D eigenvalue weighted by molar-refractivity contribution is 0.600. The van der Waals surface area contributed by atoms with Gasteiger partial charge in [-0.3, -0.25) is 9.82 Å². The number of aromatic amines is 1. The van der Waals surface area contributed by atoms with Gasteiger partial charge < -0.3 is 0 Å². The van der Waals surface area contributed by atoms with E-state index in [4.69, 9.17) is 0 Å². The number of aryl methyl sites for hydroxylation is 1. The lowest BCUT2D eigenvalue weighted by Gasteiger charge is -2.08. The molecular formula is C14H13N3O2S. The van der Waals surface area contributed by atoms with Crippen LogP contribution in [0.5, 0.6) is 0 Å². The molecule has 6 heteroatoms. The van der Waals surface area contributed by atoms with Crippen LogP contribution >= 0.6 is 0 Å². The van der Waals surface area contributed by atoms with E-state index in [1.54, 1.807) is 31.2 Å². The molecule has 1 heterocycles. The molecule has 0 radical (unpaired) electrons. The van der Waals surface area contributed by atoms with Crippen molar-refractivity contribution >= 4 is 26.7 Å². The average molecular weight is 287 g/mol. The quantitative estimate of drug-likeness (QED) is 0.777. The molecule has 0 spiro atoms. The lowest BCUT2D eigenvalue weighted by atomic mass is 10.2. The summed E-state index contributed by atoms with van der Waals surface area (Å²) in [5.41, 5.74) is 1.48. The van der Waals surface area contributed by atoms with E-state index in [0.717, 1.165) is 10.9 Å². The number of sulfonamides is 1. The lowest BCUT2D eigenvalue weighted by Crippen LogP contribution is -2.14. The summed E-state index contributed by atoms with van der Waals surface area (Å²) in [7, 11) is -3.64. The van der Waals surface area contributed by atoms with Crippen molar-refractivity contribution in [2.75, 3.05) is 4.72 Å². The van der Waals surface area contributed by atoms with Crippen LogP contribution in [0, 0.1) is 6.92 Å². The van der Waals surface area contributed by atoms with Gasteiger partial charge in [0.25, 0.3) is 10.0 Å². The Balaban J connectivity index is 2.04. The summed E-state index contributed by atoms with van der Waals surface area (Å²) < 4.78 is 27.3. The molecule has 2 aromatic carbocycles. The smallest absolute Gasteiger partial charge is 0.263 e. The fourth-order valence-electron chi connectivity index (χ4n) is 2.08. The highest BCUT2D eigenvalue weighted by molar-refractivity contribution is 7.92. The molecule has 5 nitrogen and oxygen atoms in total. The number of fused-ring (bicyclic) bond motifs is 1. The first-order chi connectivity index (χ1) is 9.58. The largest absolute Gasteiger partial charge is 0.276 e. The first-order valence-electron chi connectivity index (χ1n) is 6.09. The predicted octanol–water partition coefficient (Wildman–Crippen LogP) is 2.67. The Kier molecular flexibility index (Phi) is 2.94. The van der Waals surface area contributed by atoms with Crippen molar-refractivity contribution in [3.05, 3.63) is 54.1 Å². The third kappa shape index (κ3) is 2.14. The van der Waals surface area contributed by atoms with Gasteiger partial charge in [-0.15, -0.1) is 0 Å². The number of H-pyrrole nitrogens is 1. The maximum Gasteiger partial charge on any atom is 0.263 e. The van der Waals surface area contributed by atoms with Crippen molar-refractivity contribution in [3.8, 4) is 0 Å². The molecule has 1 aromatic heterocycles. The summed E-state index contributed by atoms with van der Waals surface area (Å²) >= 11 is 0. The van der Waals surface area contributed by atoms with Gasteiger partial charge in [-0.2, -0.15) is 5.10 Å². The van der Waals surface area contributed by atoms with Crippen LogP contribution in [0.25, 0.3) is 10.9 Å². The van der Waals surface area contributed by atoms with Crippen molar-refractivity contribution in [2.24, 2.45) is 0 Å². The number of nitrogens with zero attached hydrogens (tertiary/aromatic N) is 1. The average Bonchev–Trinajstić information content (AvgIpc) is 2.82. The Labute approximate surface area is 116 Å². The molecule has 0 unspecified atom stereocenters. The van der Waals surface area contributed by atoms with E-state index in [-0.39, 0.29) is 4.90 Å². The van der Waals surface area contributed by atoms with Crippen LogP contribution in [0.1, 0.15) is 5.56 Å². The molecule has 20 heavy (non-hydrogen) atoms. The van der Waals surface area contributed by atoms with E-state index in [9.17, 15) is 8.42 Å². The van der Waals surface area contributed by atoms with E-state index in [0.29, 0.717) is 11.4 Å². The molecule has 0 amide bonds. The molecule has 0 aliphatic carbocycles. The molecule has 2 N–H and O–H groups in total. The highest BCUT2D eigenvalue weighted by atomic mass is 32.2. The first-order valence-corrected chi connectivity index (χ1v) is 7.58. The van der Waals surface area contributed by atoms with Gasteiger partial charge >= 0.3 is 0 Å². The summed E-state index contributed by atoms with van der Waals surface area (Å²) in [5.74, 6) is 0.309. The van der Waals surface area contributed by atoms with Crippen molar-refractivity contribution < 1.29 is 8.42 Å². The van der Waals surface area contributed by atoms with E-state index >= 15 is 0 Å². The second kappa shape index (κ2) is 4.64. The number of hydrogen-bond acceptors (Lipinski definition) is 3. The number of nitrogens with one attached hydrogen (secondary N) is 2. The van der Waals surface area contributed by atoms with Crippen LogP contribution in [-0.4, -0.2) is 18.6 Å². The summed E-state index contributed by atoms with van der Waals surface area (Å²) in [6.45, 7) is 1.76. The SMILES string of the molecule is Cc1ccccc1S(=O)(=O)Nc1n[nH]c2ccccc12. The molecule has 0 bridgehead atoms. The highest BCUT2D eigenvalue weighted by Gasteiger charge is 2.18. The molecule has 0 fully saturated rings. The molecule has 0 atom stereocenters. The van der Waals surface area contributed by atoms with Crippen LogP contribution in [0.4, 0.5) is 5.82 Å². The standard InChI is InChI=1S/C14H13N3O2S/c1-10-6-2-5-9-13(10)20(18,19)17-14-11-7-3-4-8-12(11)15-16-14/h2-9H,1H3,(H2,15,16,17). The van der Waals surface area contributed by atoms with Gasteiger partial charge in [-0.25, -0.2) is 8.42 Å². The van der Waals surface area contributed by atoms with Crippen LogP contribution in [-0.2, 0) is 10.0 Å². The molecule has 0 saturated carbocycles. The normalized spacial score (nSPS) is 11.7. The minimum atomic E-state index is -3.64. The van der Waals surface area contributed by atoms with E-state index < -0.39 is 10.0 Å². The van der Waals surface area contributed by atoms with E-state index in [1.165, 1.54) is 0 Å². The number of rotatable bonds is 3. The van der Waals surface area contributed by atoms with E-state index in [2.05, 4.69) is 14.9 Å². The molecule has 0 aliphatic rings. The van der Waals surface area contributed by atoms with Gasteiger partial charge in [0.2, 0.25) is 0 Å². The van der Waals surface area contributed by atoms with Crippen molar-refractivity contribution in [1.82, 2.24) is 10.2 Å². The van der Waals surface area contributed by atoms with Gasteiger partial charge in [-0.05, 0) is 30.7 Å². The highest BCUT2D eigenvalue weighted by Crippen LogP contribution is 2.23. The molecular weight excluding hydrogens is 274 g/mol. The minimum absolute atomic E-state index is 0.257. The monoisotopic (exact) mass is 287 g/mol. The second-order valence-electron chi connectivity index (χ2n) is 4.49. The van der Waals surface area contributed by atoms with Crippen LogP contribution in [0.3, 0.4) is 0 Å². The maximum atomic E-state index is 12.4. The molecule has 3 aromatic rings. The zero-order valence-electron chi connectivity index (χ0n) is 10.8. The Morgan fingerprint density at radius 2 is 1.75 bits per heavy atom.